The van der Waals surface area contributed by atoms with Gasteiger partial charge in [0.2, 0.25) is 0 Å². The highest BCUT2D eigenvalue weighted by atomic mass is 16.5. The van der Waals surface area contributed by atoms with Crippen molar-refractivity contribution in [2.45, 2.75) is 245 Å². The lowest BCUT2D eigenvalue weighted by Crippen LogP contribution is -2.38. The monoisotopic (exact) mass is 876 g/mol. The standard InChI is InChI=1S/C52H97N3O7/c1-5-8-11-14-17-26-33-44-61-47(56)37-29-22-18-24-31-41-55(43-34-39-53-49-50(52(59)51(49)58)54-40-45-60-4)42-32-25-19-23-30-38-48(57)62-46(35-27-20-15-12-9-6-2)36-28-21-16-13-10-7-3/h46,53-54H,5-45H2,1-4H3. The third-order valence-corrected chi connectivity index (χ3v) is 12.3. The fourth-order valence-corrected chi connectivity index (χ4v) is 8.26. The first kappa shape index (κ1) is 57.6. The molecule has 362 valence electrons. The summed E-state index contributed by atoms with van der Waals surface area (Å²) >= 11 is 0. The van der Waals surface area contributed by atoms with Gasteiger partial charge in [-0.15, -0.1) is 0 Å². The fraction of sp³-hybridized carbons (Fsp3) is 0.885. The van der Waals surface area contributed by atoms with Crippen LogP contribution in [0.1, 0.15) is 239 Å². The minimum Gasteiger partial charge on any atom is -0.466 e. The minimum atomic E-state index is -0.460. The predicted molar refractivity (Wildman–Crippen MR) is 261 cm³/mol. The summed E-state index contributed by atoms with van der Waals surface area (Å²) in [6.07, 6.45) is 38.4. The maximum absolute atomic E-state index is 12.9. The molecule has 0 aliphatic rings. The number of rotatable bonds is 48. The zero-order chi connectivity index (χ0) is 45.1. The van der Waals surface area contributed by atoms with Gasteiger partial charge in [0, 0.05) is 33.0 Å². The van der Waals surface area contributed by atoms with Gasteiger partial charge in [0.05, 0.1) is 13.2 Å². The molecule has 0 aliphatic carbocycles. The van der Waals surface area contributed by atoms with Crippen molar-refractivity contribution >= 4 is 23.3 Å². The zero-order valence-electron chi connectivity index (χ0n) is 40.9. The average molecular weight is 876 g/mol. The Kier molecular flexibility index (Phi) is 39.4. The van der Waals surface area contributed by atoms with E-state index >= 15 is 0 Å². The number of hydrogen-bond acceptors (Lipinski definition) is 10. The summed E-state index contributed by atoms with van der Waals surface area (Å²) in [4.78, 5) is 51.9. The number of carbonyl (C=O) groups is 2. The lowest BCUT2D eigenvalue weighted by molar-refractivity contribution is -0.150. The van der Waals surface area contributed by atoms with Crippen LogP contribution < -0.4 is 21.5 Å². The van der Waals surface area contributed by atoms with Crippen molar-refractivity contribution in [3.63, 3.8) is 0 Å². The fourth-order valence-electron chi connectivity index (χ4n) is 8.26. The van der Waals surface area contributed by atoms with Gasteiger partial charge >= 0.3 is 11.9 Å². The van der Waals surface area contributed by atoms with Gasteiger partial charge in [-0.1, -0.05) is 162 Å². The smallest absolute Gasteiger partial charge is 0.306 e. The quantitative estimate of drug-likeness (QED) is 0.0371. The molecule has 0 aromatic heterocycles. The Bertz CT molecular complexity index is 1230. The molecule has 0 radical (unpaired) electrons. The number of hydrogen-bond donors (Lipinski definition) is 2. The molecule has 62 heavy (non-hydrogen) atoms. The highest BCUT2D eigenvalue weighted by Gasteiger charge is 2.20. The Balaban J connectivity index is 2.43. The molecule has 0 unspecified atom stereocenters. The zero-order valence-corrected chi connectivity index (χ0v) is 40.9. The van der Waals surface area contributed by atoms with E-state index in [0.29, 0.717) is 50.5 Å². The number of nitrogens with zero attached hydrogens (tertiary/aromatic N) is 1. The first-order valence-electron chi connectivity index (χ1n) is 26.2. The van der Waals surface area contributed by atoms with Gasteiger partial charge in [0.1, 0.15) is 17.5 Å². The van der Waals surface area contributed by atoms with E-state index in [0.717, 1.165) is 129 Å². The van der Waals surface area contributed by atoms with E-state index in [2.05, 4.69) is 36.3 Å². The second-order valence-corrected chi connectivity index (χ2v) is 18.1. The molecule has 0 spiro atoms. The van der Waals surface area contributed by atoms with Crippen LogP contribution in [-0.2, 0) is 23.8 Å². The third kappa shape index (κ3) is 32.2. The lowest BCUT2D eigenvalue weighted by Gasteiger charge is -2.23. The van der Waals surface area contributed by atoms with Gasteiger partial charge in [0.15, 0.2) is 0 Å². The molecule has 10 heteroatoms. The summed E-state index contributed by atoms with van der Waals surface area (Å²) < 4.78 is 16.6. The van der Waals surface area contributed by atoms with Gasteiger partial charge in [-0.25, -0.2) is 0 Å². The van der Waals surface area contributed by atoms with Crippen molar-refractivity contribution in [3.8, 4) is 0 Å². The van der Waals surface area contributed by atoms with Crippen LogP contribution in [0.2, 0.25) is 0 Å². The molecular formula is C52H97N3O7. The molecule has 0 fully saturated rings. The van der Waals surface area contributed by atoms with E-state index < -0.39 is 10.9 Å². The molecule has 0 aliphatic heterocycles. The third-order valence-electron chi connectivity index (χ3n) is 12.3. The average Bonchev–Trinajstić information content (AvgIpc) is 3.27. The summed E-state index contributed by atoms with van der Waals surface area (Å²) in [5.41, 5.74) is -0.134. The van der Waals surface area contributed by atoms with Gasteiger partial charge in [-0.3, -0.25) is 19.2 Å². The first-order valence-corrected chi connectivity index (χ1v) is 26.2. The number of nitrogens with one attached hydrogen (secondary N) is 2. The topological polar surface area (TPSA) is 123 Å². The summed E-state index contributed by atoms with van der Waals surface area (Å²) in [7, 11) is 1.61. The first-order chi connectivity index (χ1) is 30.4. The van der Waals surface area contributed by atoms with Crippen LogP contribution in [-0.4, -0.2) is 76.0 Å². The van der Waals surface area contributed by atoms with Crippen molar-refractivity contribution in [1.29, 1.82) is 0 Å². The predicted octanol–water partition coefficient (Wildman–Crippen LogP) is 12.8. The van der Waals surface area contributed by atoms with Crippen molar-refractivity contribution in [2.24, 2.45) is 0 Å². The molecule has 1 rings (SSSR count). The van der Waals surface area contributed by atoms with Gasteiger partial charge < -0.3 is 29.7 Å². The Morgan fingerprint density at radius 2 is 0.871 bits per heavy atom. The molecule has 2 N–H and O–H groups in total. The number of ether oxygens (including phenoxy) is 3. The van der Waals surface area contributed by atoms with E-state index in [4.69, 9.17) is 14.2 Å². The van der Waals surface area contributed by atoms with Crippen LogP contribution in [0.3, 0.4) is 0 Å². The second kappa shape index (κ2) is 42.5. The Morgan fingerprint density at radius 1 is 0.468 bits per heavy atom. The molecule has 0 heterocycles. The number of methoxy groups -OCH3 is 1. The highest BCUT2D eigenvalue weighted by Crippen LogP contribution is 2.19. The Labute approximate surface area is 380 Å². The molecule has 1 aromatic rings. The van der Waals surface area contributed by atoms with Crippen molar-refractivity contribution in [1.82, 2.24) is 4.90 Å². The summed E-state index contributed by atoms with van der Waals surface area (Å²) in [6, 6.07) is 0. The van der Waals surface area contributed by atoms with Crippen LogP contribution >= 0.6 is 0 Å². The molecule has 0 saturated heterocycles. The normalized spacial score (nSPS) is 11.6. The van der Waals surface area contributed by atoms with Crippen LogP contribution in [0, 0.1) is 0 Å². The number of unbranched alkanes of at least 4 members (excludes halogenated alkanes) is 24. The SMILES string of the molecule is CCCCCCCCCOC(=O)CCCCCCCN(CCCCCCCC(=O)OC(CCCCCCCC)CCCCCCCC)CCCNc1c(NCCOC)c(=O)c1=O. The molecule has 0 saturated carbocycles. The van der Waals surface area contributed by atoms with Crippen LogP contribution in [0.4, 0.5) is 11.4 Å². The Morgan fingerprint density at radius 3 is 1.37 bits per heavy atom. The number of carbonyl (C=O) groups excluding carboxylic acids is 2. The van der Waals surface area contributed by atoms with Crippen molar-refractivity contribution in [3.05, 3.63) is 20.4 Å². The largest absolute Gasteiger partial charge is 0.466 e. The summed E-state index contributed by atoms with van der Waals surface area (Å²) in [5, 5.41) is 6.24. The van der Waals surface area contributed by atoms with Crippen LogP contribution in [0.5, 0.6) is 0 Å². The maximum Gasteiger partial charge on any atom is 0.306 e. The van der Waals surface area contributed by atoms with E-state index in [-0.39, 0.29) is 18.0 Å². The van der Waals surface area contributed by atoms with Gasteiger partial charge in [0.25, 0.3) is 10.9 Å². The molecule has 0 bridgehead atoms. The van der Waals surface area contributed by atoms with E-state index in [9.17, 15) is 19.2 Å². The van der Waals surface area contributed by atoms with Crippen LogP contribution in [0.15, 0.2) is 9.59 Å². The van der Waals surface area contributed by atoms with Gasteiger partial charge in [-0.2, -0.15) is 0 Å². The molecule has 1 aromatic carbocycles. The van der Waals surface area contributed by atoms with Gasteiger partial charge in [-0.05, 0) is 83.8 Å². The van der Waals surface area contributed by atoms with E-state index in [1.807, 2.05) is 0 Å². The van der Waals surface area contributed by atoms with E-state index in [1.54, 1.807) is 7.11 Å². The van der Waals surface area contributed by atoms with Crippen molar-refractivity contribution < 1.29 is 23.8 Å². The van der Waals surface area contributed by atoms with Crippen LogP contribution in [0.25, 0.3) is 0 Å². The summed E-state index contributed by atoms with van der Waals surface area (Å²) in [6.45, 7) is 11.8. The van der Waals surface area contributed by atoms with Crippen molar-refractivity contribution in [2.75, 3.05) is 63.7 Å². The maximum atomic E-state index is 12.9. The van der Waals surface area contributed by atoms with E-state index in [1.165, 1.54) is 96.3 Å². The number of esters is 2. The highest BCUT2D eigenvalue weighted by molar-refractivity contribution is 5.74. The lowest BCUT2D eigenvalue weighted by atomic mass is 10.0. The second-order valence-electron chi connectivity index (χ2n) is 18.1. The number of anilines is 2. The Hall–Kier alpha value is -2.46. The molecular weight excluding hydrogens is 779 g/mol. The summed E-state index contributed by atoms with van der Waals surface area (Å²) in [5.74, 6) is -0.0596. The molecule has 10 nitrogen and oxygen atoms in total. The molecule has 0 atom stereocenters. The minimum absolute atomic E-state index is 0.00732. The molecule has 0 amide bonds.